The highest BCUT2D eigenvalue weighted by molar-refractivity contribution is 5.92. The Kier molecular flexibility index (Phi) is 3.43. The maximum absolute atomic E-state index is 12.4. The van der Waals surface area contributed by atoms with Crippen LogP contribution in [0.2, 0.25) is 0 Å². The number of amides is 1. The number of nitrogens with zero attached hydrogens (tertiary/aromatic N) is 2. The van der Waals surface area contributed by atoms with E-state index in [-0.39, 0.29) is 17.7 Å². The Morgan fingerprint density at radius 2 is 2.20 bits per heavy atom. The van der Waals surface area contributed by atoms with Crippen LogP contribution in [-0.2, 0) is 4.74 Å². The molecular weight excluding hydrogens is 264 g/mol. The molecule has 3 rings (SSSR count). The molecule has 1 aliphatic heterocycles. The van der Waals surface area contributed by atoms with E-state index in [0.29, 0.717) is 19.1 Å². The van der Waals surface area contributed by atoms with Crippen molar-refractivity contribution in [2.24, 2.45) is 5.92 Å². The van der Waals surface area contributed by atoms with E-state index in [1.165, 1.54) is 12.1 Å². The number of carbonyl (C=O) groups is 1. The molecule has 0 spiro atoms. The Morgan fingerprint density at radius 3 is 2.75 bits per heavy atom. The molecule has 1 aliphatic carbocycles. The molecule has 2 aliphatic rings. The van der Waals surface area contributed by atoms with Crippen LogP contribution in [0.5, 0.6) is 0 Å². The summed E-state index contributed by atoms with van der Waals surface area (Å²) >= 11 is 0. The summed E-state index contributed by atoms with van der Waals surface area (Å²) in [6, 6.07) is 2.84. The first kappa shape index (κ1) is 13.1. The highest BCUT2D eigenvalue weighted by Gasteiger charge is 2.36. The topological polar surface area (TPSA) is 85.8 Å². The number of rotatable bonds is 5. The van der Waals surface area contributed by atoms with Crippen molar-refractivity contribution in [2.75, 3.05) is 19.8 Å². The van der Waals surface area contributed by atoms with Gasteiger partial charge < -0.3 is 14.1 Å². The summed E-state index contributed by atoms with van der Waals surface area (Å²) in [4.78, 5) is 24.2. The zero-order valence-corrected chi connectivity index (χ0v) is 11.0. The van der Waals surface area contributed by atoms with Crippen LogP contribution in [0.3, 0.4) is 0 Å². The van der Waals surface area contributed by atoms with Gasteiger partial charge in [0.2, 0.25) is 0 Å². The molecule has 1 atom stereocenters. The van der Waals surface area contributed by atoms with Gasteiger partial charge in [-0.05, 0) is 25.3 Å². The number of furan rings is 1. The van der Waals surface area contributed by atoms with Crippen LogP contribution in [0.1, 0.15) is 29.8 Å². The van der Waals surface area contributed by atoms with Crippen molar-refractivity contribution in [1.29, 1.82) is 0 Å². The highest BCUT2D eigenvalue weighted by atomic mass is 16.6. The van der Waals surface area contributed by atoms with Crippen LogP contribution in [0, 0.1) is 16.0 Å². The average molecular weight is 280 g/mol. The van der Waals surface area contributed by atoms with Gasteiger partial charge in [0, 0.05) is 25.1 Å². The zero-order chi connectivity index (χ0) is 14.1. The zero-order valence-electron chi connectivity index (χ0n) is 11.0. The molecule has 2 heterocycles. The molecule has 1 unspecified atom stereocenters. The van der Waals surface area contributed by atoms with Gasteiger partial charge in [0.05, 0.1) is 12.7 Å². The largest absolute Gasteiger partial charge is 0.433 e. The van der Waals surface area contributed by atoms with E-state index in [0.717, 1.165) is 25.9 Å². The van der Waals surface area contributed by atoms with Gasteiger partial charge in [0.25, 0.3) is 5.91 Å². The fourth-order valence-corrected chi connectivity index (χ4v) is 2.47. The van der Waals surface area contributed by atoms with Crippen molar-refractivity contribution in [3.63, 3.8) is 0 Å². The first-order valence-electron chi connectivity index (χ1n) is 6.78. The number of hydrogen-bond acceptors (Lipinski definition) is 5. The third-order valence-corrected chi connectivity index (χ3v) is 3.71. The van der Waals surface area contributed by atoms with Gasteiger partial charge in [0.15, 0.2) is 5.76 Å². The molecule has 1 aromatic rings. The van der Waals surface area contributed by atoms with E-state index in [9.17, 15) is 14.9 Å². The minimum atomic E-state index is -0.636. The summed E-state index contributed by atoms with van der Waals surface area (Å²) < 4.78 is 10.3. The molecule has 20 heavy (non-hydrogen) atoms. The minimum Gasteiger partial charge on any atom is -0.395 e. The van der Waals surface area contributed by atoms with E-state index in [4.69, 9.17) is 9.15 Å². The van der Waals surface area contributed by atoms with Crippen molar-refractivity contribution in [3.05, 3.63) is 28.0 Å². The van der Waals surface area contributed by atoms with Gasteiger partial charge in [-0.3, -0.25) is 14.9 Å². The van der Waals surface area contributed by atoms with Crippen LogP contribution in [0.15, 0.2) is 16.5 Å². The third kappa shape index (κ3) is 2.67. The molecule has 2 fully saturated rings. The molecule has 0 bridgehead atoms. The Labute approximate surface area is 115 Å². The molecule has 108 valence electrons. The van der Waals surface area contributed by atoms with Crippen LogP contribution < -0.4 is 0 Å². The van der Waals surface area contributed by atoms with E-state index in [2.05, 4.69) is 0 Å². The molecule has 1 saturated heterocycles. The first-order chi connectivity index (χ1) is 9.65. The molecule has 0 radical (unpaired) electrons. The molecule has 7 nitrogen and oxygen atoms in total. The number of carbonyl (C=O) groups excluding carboxylic acids is 1. The van der Waals surface area contributed by atoms with Crippen molar-refractivity contribution in [2.45, 2.75) is 25.3 Å². The monoisotopic (exact) mass is 280 g/mol. The van der Waals surface area contributed by atoms with E-state index in [1.807, 2.05) is 0 Å². The van der Waals surface area contributed by atoms with Crippen molar-refractivity contribution in [1.82, 2.24) is 4.90 Å². The van der Waals surface area contributed by atoms with E-state index in [1.54, 1.807) is 4.90 Å². The lowest BCUT2D eigenvalue weighted by Gasteiger charge is -2.24. The van der Waals surface area contributed by atoms with Crippen LogP contribution >= 0.6 is 0 Å². The van der Waals surface area contributed by atoms with E-state index < -0.39 is 10.8 Å². The highest BCUT2D eigenvalue weighted by Crippen LogP contribution is 2.31. The van der Waals surface area contributed by atoms with Gasteiger partial charge in [-0.15, -0.1) is 0 Å². The Hall–Kier alpha value is -1.89. The summed E-state index contributed by atoms with van der Waals surface area (Å²) in [6.45, 7) is 2.05. The second-order valence-electron chi connectivity index (χ2n) is 5.31. The van der Waals surface area contributed by atoms with Crippen molar-refractivity contribution >= 4 is 11.8 Å². The summed E-state index contributed by atoms with van der Waals surface area (Å²) in [5, 5.41) is 10.6. The molecule has 1 saturated carbocycles. The molecule has 7 heteroatoms. The maximum Gasteiger partial charge on any atom is 0.433 e. The number of ether oxygens (including phenoxy) is 1. The fourth-order valence-electron chi connectivity index (χ4n) is 2.47. The molecule has 1 amide bonds. The van der Waals surface area contributed by atoms with Gasteiger partial charge in [0.1, 0.15) is 4.92 Å². The van der Waals surface area contributed by atoms with Gasteiger partial charge >= 0.3 is 5.88 Å². The smallest absolute Gasteiger partial charge is 0.395 e. The van der Waals surface area contributed by atoms with Crippen LogP contribution in [0.4, 0.5) is 5.88 Å². The first-order valence-corrected chi connectivity index (χ1v) is 6.78. The quantitative estimate of drug-likeness (QED) is 0.606. The lowest BCUT2D eigenvalue weighted by Crippen LogP contribution is -2.37. The summed E-state index contributed by atoms with van der Waals surface area (Å²) in [6.07, 6.45) is 2.93. The summed E-state index contributed by atoms with van der Waals surface area (Å²) in [5.41, 5.74) is 0. The second-order valence-corrected chi connectivity index (χ2v) is 5.31. The normalized spacial score (nSPS) is 21.9. The molecular formula is C13H16N2O5. The van der Waals surface area contributed by atoms with E-state index >= 15 is 0 Å². The van der Waals surface area contributed by atoms with Crippen molar-refractivity contribution in [3.8, 4) is 0 Å². The fraction of sp³-hybridized carbons (Fsp3) is 0.615. The second kappa shape index (κ2) is 5.24. The SMILES string of the molecule is O=C(c1ccc([N+](=O)[O-])o1)N(CC1CCOC1)C1CC1. The predicted octanol–water partition coefficient (Wildman–Crippen LogP) is 1.83. The molecule has 0 N–H and O–H groups in total. The Bertz CT molecular complexity index is 517. The number of nitro groups is 1. The lowest BCUT2D eigenvalue weighted by molar-refractivity contribution is -0.402. The summed E-state index contributed by atoms with van der Waals surface area (Å²) in [5.74, 6) is -0.257. The summed E-state index contributed by atoms with van der Waals surface area (Å²) in [7, 11) is 0. The third-order valence-electron chi connectivity index (χ3n) is 3.71. The predicted molar refractivity (Wildman–Crippen MR) is 68.3 cm³/mol. The Morgan fingerprint density at radius 1 is 1.40 bits per heavy atom. The van der Waals surface area contributed by atoms with Crippen molar-refractivity contribution < 1.29 is 18.9 Å². The molecule has 0 aromatic carbocycles. The standard InChI is InChI=1S/C13H16N2O5/c16-13(11-3-4-12(20-11)15(17)18)14(10-1-2-10)7-9-5-6-19-8-9/h3-4,9-10H,1-2,5-8H2. The average Bonchev–Trinajstić information content (AvgIpc) is 2.95. The van der Waals surface area contributed by atoms with Crippen LogP contribution in [0.25, 0.3) is 0 Å². The van der Waals surface area contributed by atoms with Gasteiger partial charge in [-0.1, -0.05) is 0 Å². The minimum absolute atomic E-state index is 0.0440. The lowest BCUT2D eigenvalue weighted by atomic mass is 10.1. The Balaban J connectivity index is 1.72. The maximum atomic E-state index is 12.4. The van der Waals surface area contributed by atoms with Gasteiger partial charge in [-0.2, -0.15) is 0 Å². The molecule has 1 aromatic heterocycles. The number of hydrogen-bond donors (Lipinski definition) is 0. The van der Waals surface area contributed by atoms with Gasteiger partial charge in [-0.25, -0.2) is 0 Å². The van der Waals surface area contributed by atoms with Crippen LogP contribution in [-0.4, -0.2) is 41.5 Å².